The Kier molecular flexibility index (Phi) is 8.66. The van der Waals surface area contributed by atoms with E-state index in [4.69, 9.17) is 14.5 Å². The number of rotatable bonds is 10. The van der Waals surface area contributed by atoms with Crippen molar-refractivity contribution < 1.29 is 14.3 Å². The van der Waals surface area contributed by atoms with Gasteiger partial charge < -0.3 is 19.6 Å². The van der Waals surface area contributed by atoms with E-state index in [1.807, 2.05) is 23.0 Å². The number of carbonyl (C=O) groups is 1. The predicted molar refractivity (Wildman–Crippen MR) is 148 cm³/mol. The molecule has 8 nitrogen and oxygen atoms in total. The van der Waals surface area contributed by atoms with Gasteiger partial charge >= 0.3 is 0 Å². The Labute approximate surface area is 225 Å². The summed E-state index contributed by atoms with van der Waals surface area (Å²) in [4.78, 5) is 18.4. The second kappa shape index (κ2) is 12.5. The van der Waals surface area contributed by atoms with Crippen LogP contribution in [0.25, 0.3) is 0 Å². The molecule has 0 spiro atoms. The summed E-state index contributed by atoms with van der Waals surface area (Å²) in [5.74, 6) is 4.83. The highest BCUT2D eigenvalue weighted by atomic mass is 16.7. The van der Waals surface area contributed by atoms with Gasteiger partial charge in [-0.25, -0.2) is 9.78 Å². The topological polar surface area (TPSA) is 94.1 Å². The maximum Gasteiger partial charge on any atom is 0.231 e. The fourth-order valence-corrected chi connectivity index (χ4v) is 5.35. The molecule has 3 aliphatic rings. The number of aromatic amines is 1. The van der Waals surface area contributed by atoms with Gasteiger partial charge in [-0.3, -0.25) is 5.10 Å². The number of ether oxygens (including phenoxy) is 2. The molecule has 0 saturated heterocycles. The highest BCUT2D eigenvalue weighted by Crippen LogP contribution is 2.36. The van der Waals surface area contributed by atoms with E-state index in [1.54, 1.807) is 6.92 Å². The summed E-state index contributed by atoms with van der Waals surface area (Å²) in [7, 11) is 0. The van der Waals surface area contributed by atoms with Crippen molar-refractivity contribution in [1.82, 2.24) is 20.0 Å². The summed E-state index contributed by atoms with van der Waals surface area (Å²) in [6, 6.07) is 10.2. The summed E-state index contributed by atoms with van der Waals surface area (Å²) < 4.78 is 10.9. The van der Waals surface area contributed by atoms with Crippen molar-refractivity contribution in [3.05, 3.63) is 53.0 Å². The van der Waals surface area contributed by atoms with E-state index >= 15 is 0 Å². The summed E-state index contributed by atoms with van der Waals surface area (Å²) in [5.41, 5.74) is 3.50. The van der Waals surface area contributed by atoms with Crippen LogP contribution >= 0.6 is 0 Å². The van der Waals surface area contributed by atoms with Gasteiger partial charge in [0, 0.05) is 31.0 Å². The van der Waals surface area contributed by atoms with Crippen molar-refractivity contribution in [2.75, 3.05) is 18.7 Å². The zero-order chi connectivity index (χ0) is 26.3. The lowest BCUT2D eigenvalue weighted by Gasteiger charge is -2.22. The number of fused-ring (bicyclic) bond motifs is 2. The van der Waals surface area contributed by atoms with Crippen molar-refractivity contribution in [1.29, 1.82) is 0 Å². The van der Waals surface area contributed by atoms with E-state index in [9.17, 15) is 4.79 Å². The molecule has 1 atom stereocenters. The van der Waals surface area contributed by atoms with Crippen LogP contribution in [0.1, 0.15) is 87.4 Å². The van der Waals surface area contributed by atoms with Gasteiger partial charge in [-0.2, -0.15) is 0 Å². The fourth-order valence-electron chi connectivity index (χ4n) is 5.35. The Hall–Kier alpha value is -3.29. The number of carbonyl (C=O) groups excluding carboxylic acids is 1. The molecule has 1 fully saturated rings. The Morgan fingerprint density at radius 1 is 1.13 bits per heavy atom. The summed E-state index contributed by atoms with van der Waals surface area (Å²) in [5, 5.41) is 11.3. The molecule has 1 unspecified atom stereocenters. The molecule has 8 heteroatoms. The van der Waals surface area contributed by atoms with Crippen LogP contribution in [0.2, 0.25) is 0 Å². The second-order valence-electron chi connectivity index (χ2n) is 10.9. The molecule has 1 aromatic carbocycles. The highest BCUT2D eigenvalue weighted by molar-refractivity contribution is 5.76. The molecule has 204 valence electrons. The molecule has 2 aliphatic heterocycles. The lowest BCUT2D eigenvalue weighted by molar-refractivity contribution is -0.117. The average molecular weight is 520 g/mol. The first-order valence-corrected chi connectivity index (χ1v) is 14.3. The number of hydrogen-bond acceptors (Lipinski definition) is 6. The third-order valence-corrected chi connectivity index (χ3v) is 7.90. The van der Waals surface area contributed by atoms with Gasteiger partial charge in [-0.15, -0.1) is 5.10 Å². The van der Waals surface area contributed by atoms with Crippen LogP contribution in [-0.4, -0.2) is 39.1 Å². The van der Waals surface area contributed by atoms with Crippen molar-refractivity contribution in [3.63, 3.8) is 0 Å². The molecule has 0 amide bonds. The molecular formula is C30H41N5O3. The van der Waals surface area contributed by atoms with Gasteiger partial charge in [-0.1, -0.05) is 44.7 Å². The molecule has 0 bridgehead atoms. The number of anilines is 1. The SMILES string of the molecule is CC(=O)CC(Cn1nc(CCCc2ccc3c(n2)NCCC3)[nH]1)c1ccc2c(c1)OCO2.CCC1CCC1. The zero-order valence-corrected chi connectivity index (χ0v) is 22.8. The molecule has 6 rings (SSSR count). The van der Waals surface area contributed by atoms with E-state index in [2.05, 4.69) is 34.6 Å². The first-order valence-electron chi connectivity index (χ1n) is 14.3. The highest BCUT2D eigenvalue weighted by Gasteiger charge is 2.21. The van der Waals surface area contributed by atoms with E-state index in [-0.39, 0.29) is 18.5 Å². The number of nitrogens with zero attached hydrogens (tertiary/aromatic N) is 3. The standard InChI is InChI=1S/C24H29N5O3.C6H12/c1-16(30)12-19(18-8-10-21-22(13-18)32-15-31-21)14-29-27-23(28-29)6-2-5-20-9-7-17-4-3-11-25-24(17)26-20;1-2-6-4-3-5-6/h7-10,13,19H,2-6,11-12,14-15H2,1H3,(H,25,26)(H,27,28);6H,2-5H2,1H3. The smallest absolute Gasteiger partial charge is 0.231 e. The first-order chi connectivity index (χ1) is 18.6. The number of H-pyrrole nitrogens is 1. The molecule has 1 saturated carbocycles. The third-order valence-electron chi connectivity index (χ3n) is 7.90. The molecule has 2 aromatic heterocycles. The molecule has 3 aromatic rings. The van der Waals surface area contributed by atoms with Crippen LogP contribution in [0.15, 0.2) is 30.3 Å². The van der Waals surface area contributed by atoms with Gasteiger partial charge in [0.1, 0.15) is 17.4 Å². The number of nitrogens with one attached hydrogen (secondary N) is 2. The van der Waals surface area contributed by atoms with E-state index < -0.39 is 0 Å². The van der Waals surface area contributed by atoms with Crippen LogP contribution in [0.5, 0.6) is 11.5 Å². The Bertz CT molecular complexity index is 1200. The van der Waals surface area contributed by atoms with E-state index in [0.717, 1.165) is 72.5 Å². The molecule has 2 N–H and O–H groups in total. The van der Waals surface area contributed by atoms with Gasteiger partial charge in [-0.05, 0) is 67.9 Å². The second-order valence-corrected chi connectivity index (χ2v) is 10.9. The normalized spacial score (nSPS) is 16.6. The molecule has 4 heterocycles. The van der Waals surface area contributed by atoms with Crippen LogP contribution in [0.3, 0.4) is 0 Å². The maximum atomic E-state index is 11.8. The summed E-state index contributed by atoms with van der Waals surface area (Å²) in [6.07, 6.45) is 11.5. The third kappa shape index (κ3) is 6.77. The largest absolute Gasteiger partial charge is 0.454 e. The molecule has 0 radical (unpaired) electrons. The van der Waals surface area contributed by atoms with Crippen molar-refractivity contribution >= 4 is 11.6 Å². The zero-order valence-electron chi connectivity index (χ0n) is 22.8. The molecule has 38 heavy (non-hydrogen) atoms. The number of hydrogen-bond donors (Lipinski definition) is 2. The van der Waals surface area contributed by atoms with Gasteiger partial charge in [0.05, 0.1) is 6.54 Å². The van der Waals surface area contributed by atoms with Crippen LogP contribution in [-0.2, 0) is 30.6 Å². The quantitative estimate of drug-likeness (QED) is 0.350. The van der Waals surface area contributed by atoms with Crippen molar-refractivity contribution in [3.8, 4) is 11.5 Å². The number of benzene rings is 1. The maximum absolute atomic E-state index is 11.8. The number of aromatic nitrogens is 4. The number of ketones is 1. The number of pyridine rings is 1. The average Bonchev–Trinajstić information content (AvgIpc) is 3.34. The predicted octanol–water partition coefficient (Wildman–Crippen LogP) is 5.83. The number of Topliss-reactive ketones (excluding diaryl/α,β-unsaturated/α-hetero) is 1. The molecule has 1 aliphatic carbocycles. The van der Waals surface area contributed by atoms with E-state index in [0.29, 0.717) is 13.0 Å². The lowest BCUT2D eigenvalue weighted by Crippen LogP contribution is -2.24. The first kappa shape index (κ1) is 26.3. The van der Waals surface area contributed by atoms with Gasteiger partial charge in [0.15, 0.2) is 11.5 Å². The Morgan fingerprint density at radius 2 is 1.97 bits per heavy atom. The minimum Gasteiger partial charge on any atom is -0.454 e. The minimum absolute atomic E-state index is 0.0343. The van der Waals surface area contributed by atoms with Crippen LogP contribution < -0.4 is 14.8 Å². The number of aryl methyl sites for hydroxylation is 3. The van der Waals surface area contributed by atoms with Crippen LogP contribution in [0, 0.1) is 5.92 Å². The Balaban J connectivity index is 0.000000433. The van der Waals surface area contributed by atoms with Crippen molar-refractivity contribution in [2.24, 2.45) is 5.92 Å². The van der Waals surface area contributed by atoms with Gasteiger partial charge in [0.2, 0.25) is 6.79 Å². The van der Waals surface area contributed by atoms with Crippen LogP contribution in [0.4, 0.5) is 5.82 Å². The lowest BCUT2D eigenvalue weighted by atomic mass is 9.84. The van der Waals surface area contributed by atoms with Gasteiger partial charge in [0.25, 0.3) is 0 Å². The van der Waals surface area contributed by atoms with E-state index in [1.165, 1.54) is 37.7 Å². The van der Waals surface area contributed by atoms with Crippen molar-refractivity contribution in [2.45, 2.75) is 90.5 Å². The summed E-state index contributed by atoms with van der Waals surface area (Å²) >= 11 is 0. The molecular weight excluding hydrogens is 478 g/mol. The minimum atomic E-state index is 0.0343. The fraction of sp³-hybridized carbons (Fsp3) is 0.567. The summed E-state index contributed by atoms with van der Waals surface area (Å²) in [6.45, 7) is 5.79. The Morgan fingerprint density at radius 3 is 2.71 bits per heavy atom. The monoisotopic (exact) mass is 519 g/mol.